The van der Waals surface area contributed by atoms with E-state index in [0.29, 0.717) is 11.7 Å². The van der Waals surface area contributed by atoms with Gasteiger partial charge in [-0.1, -0.05) is 38.1 Å². The molecule has 2 aromatic rings. The molecule has 0 fully saturated rings. The highest BCUT2D eigenvalue weighted by Crippen LogP contribution is 2.38. The van der Waals surface area contributed by atoms with Gasteiger partial charge in [0.2, 0.25) is 0 Å². The van der Waals surface area contributed by atoms with Crippen molar-refractivity contribution >= 4 is 11.9 Å². The van der Waals surface area contributed by atoms with Gasteiger partial charge in [-0.3, -0.25) is 4.79 Å². The number of carbonyl (C=O) groups is 2. The van der Waals surface area contributed by atoms with Crippen LogP contribution >= 0.6 is 0 Å². The van der Waals surface area contributed by atoms with Crippen molar-refractivity contribution in [2.75, 3.05) is 6.61 Å². The van der Waals surface area contributed by atoms with E-state index in [9.17, 15) is 9.59 Å². The highest BCUT2D eigenvalue weighted by Gasteiger charge is 2.24. The van der Waals surface area contributed by atoms with Crippen LogP contribution in [-0.4, -0.2) is 24.6 Å². The summed E-state index contributed by atoms with van der Waals surface area (Å²) in [6, 6.07) is 9.89. The molecule has 0 N–H and O–H groups in total. The van der Waals surface area contributed by atoms with E-state index in [1.54, 1.807) is 6.92 Å². The molecule has 2 atom stereocenters. The fourth-order valence-electron chi connectivity index (χ4n) is 4.11. The van der Waals surface area contributed by atoms with Gasteiger partial charge < -0.3 is 14.2 Å². The zero-order valence-corrected chi connectivity index (χ0v) is 20.0. The summed E-state index contributed by atoms with van der Waals surface area (Å²) in [5, 5.41) is 0. The zero-order chi connectivity index (χ0) is 23.4. The van der Waals surface area contributed by atoms with Crippen LogP contribution in [0.4, 0.5) is 0 Å². The molecule has 0 saturated carbocycles. The van der Waals surface area contributed by atoms with Gasteiger partial charge in [-0.15, -0.1) is 0 Å². The monoisotopic (exact) mass is 438 g/mol. The van der Waals surface area contributed by atoms with Gasteiger partial charge in [0.25, 0.3) is 0 Å². The Balaban J connectivity index is 1.58. The zero-order valence-electron chi connectivity index (χ0n) is 20.0. The lowest BCUT2D eigenvalue weighted by Crippen LogP contribution is -2.23. The highest BCUT2D eigenvalue weighted by molar-refractivity contribution is 5.82. The number of fused-ring (bicyclic) bond motifs is 1. The van der Waals surface area contributed by atoms with Crippen molar-refractivity contribution in [1.82, 2.24) is 0 Å². The largest absolute Gasteiger partial charge is 0.490 e. The second-order valence-corrected chi connectivity index (χ2v) is 9.23. The molecular weight excluding hydrogens is 404 g/mol. The maximum Gasteiger partial charge on any atom is 0.349 e. The summed E-state index contributed by atoms with van der Waals surface area (Å²) in [5.74, 6) is 0.471. The molecule has 0 bridgehead atoms. The van der Waals surface area contributed by atoms with Crippen molar-refractivity contribution in [2.45, 2.75) is 72.8 Å². The van der Waals surface area contributed by atoms with Crippen LogP contribution in [0.25, 0.3) is 0 Å². The Morgan fingerprint density at radius 2 is 1.81 bits per heavy atom. The van der Waals surface area contributed by atoms with Crippen LogP contribution in [0.1, 0.15) is 67.9 Å². The Morgan fingerprint density at radius 1 is 1.12 bits per heavy atom. The molecule has 0 radical (unpaired) electrons. The number of aryl methyl sites for hydroxylation is 1. The molecule has 2 aromatic carbocycles. The summed E-state index contributed by atoms with van der Waals surface area (Å²) in [6.45, 7) is 11.6. The minimum Gasteiger partial charge on any atom is -0.490 e. The molecule has 0 aromatic heterocycles. The summed E-state index contributed by atoms with van der Waals surface area (Å²) in [4.78, 5) is 24.9. The van der Waals surface area contributed by atoms with E-state index >= 15 is 0 Å². The van der Waals surface area contributed by atoms with Gasteiger partial charge in [0, 0.05) is 5.56 Å². The maximum absolute atomic E-state index is 12.5. The molecule has 1 heterocycles. The normalized spacial score (nSPS) is 16.2. The lowest BCUT2D eigenvalue weighted by Gasteiger charge is -2.26. The Kier molecular flexibility index (Phi) is 7.60. The SMILES string of the molecule is Cc1cc2c(c(C)c1OC(=O)COC(=O)C(C)c1ccc(CC(C)C)cc1)CCC(C)O2. The van der Waals surface area contributed by atoms with E-state index in [1.165, 1.54) is 5.56 Å². The first-order valence-corrected chi connectivity index (χ1v) is 11.4. The smallest absolute Gasteiger partial charge is 0.349 e. The van der Waals surface area contributed by atoms with Crippen molar-refractivity contribution < 1.29 is 23.8 Å². The molecular formula is C27H34O5. The van der Waals surface area contributed by atoms with Crippen LogP contribution in [-0.2, 0) is 27.2 Å². The molecule has 1 aliphatic heterocycles. The van der Waals surface area contributed by atoms with Gasteiger partial charge in [-0.2, -0.15) is 0 Å². The van der Waals surface area contributed by atoms with Gasteiger partial charge in [0.1, 0.15) is 11.5 Å². The van der Waals surface area contributed by atoms with Crippen molar-refractivity contribution in [2.24, 2.45) is 5.92 Å². The summed E-state index contributed by atoms with van der Waals surface area (Å²) < 4.78 is 16.8. The first-order valence-electron chi connectivity index (χ1n) is 11.4. The van der Waals surface area contributed by atoms with Crippen LogP contribution in [0.15, 0.2) is 30.3 Å². The third-order valence-corrected chi connectivity index (χ3v) is 5.95. The Morgan fingerprint density at radius 3 is 2.47 bits per heavy atom. The average molecular weight is 439 g/mol. The number of carbonyl (C=O) groups excluding carboxylic acids is 2. The Labute approximate surface area is 191 Å². The molecule has 0 spiro atoms. The first-order chi connectivity index (χ1) is 15.2. The van der Waals surface area contributed by atoms with Crippen molar-refractivity contribution in [1.29, 1.82) is 0 Å². The predicted octanol–water partition coefficient (Wildman–Crippen LogP) is 5.47. The van der Waals surface area contributed by atoms with Gasteiger partial charge in [0.15, 0.2) is 6.61 Å². The van der Waals surface area contributed by atoms with Gasteiger partial charge in [-0.05, 0) is 81.2 Å². The fraction of sp³-hybridized carbons (Fsp3) is 0.481. The molecule has 2 unspecified atom stereocenters. The summed E-state index contributed by atoms with van der Waals surface area (Å²) in [5.41, 5.74) is 4.91. The molecule has 5 heteroatoms. The number of ether oxygens (including phenoxy) is 3. The molecule has 5 nitrogen and oxygen atoms in total. The first kappa shape index (κ1) is 23.8. The number of hydrogen-bond donors (Lipinski definition) is 0. The fourth-order valence-corrected chi connectivity index (χ4v) is 4.11. The number of esters is 2. The van der Waals surface area contributed by atoms with E-state index < -0.39 is 24.5 Å². The van der Waals surface area contributed by atoms with E-state index in [4.69, 9.17) is 14.2 Å². The van der Waals surface area contributed by atoms with Gasteiger partial charge in [0.05, 0.1) is 12.0 Å². The second kappa shape index (κ2) is 10.2. The minimum absolute atomic E-state index is 0.183. The predicted molar refractivity (Wildman–Crippen MR) is 124 cm³/mol. The molecule has 0 amide bonds. The summed E-state index contributed by atoms with van der Waals surface area (Å²) in [6.07, 6.45) is 2.99. The number of hydrogen-bond acceptors (Lipinski definition) is 5. The summed E-state index contributed by atoms with van der Waals surface area (Å²) in [7, 11) is 0. The molecule has 1 aliphatic rings. The van der Waals surface area contributed by atoms with Crippen LogP contribution < -0.4 is 9.47 Å². The molecule has 32 heavy (non-hydrogen) atoms. The van der Waals surface area contributed by atoms with Crippen LogP contribution in [0, 0.1) is 19.8 Å². The third-order valence-electron chi connectivity index (χ3n) is 5.95. The van der Waals surface area contributed by atoms with Crippen LogP contribution in [0.3, 0.4) is 0 Å². The Hall–Kier alpha value is -2.82. The van der Waals surface area contributed by atoms with E-state index in [0.717, 1.165) is 47.3 Å². The lowest BCUT2D eigenvalue weighted by atomic mass is 9.95. The summed E-state index contributed by atoms with van der Waals surface area (Å²) >= 11 is 0. The van der Waals surface area contributed by atoms with Gasteiger partial charge in [-0.25, -0.2) is 4.79 Å². The molecule has 3 rings (SSSR count). The average Bonchev–Trinajstić information content (AvgIpc) is 2.74. The Bertz CT molecular complexity index is 975. The van der Waals surface area contributed by atoms with E-state index in [2.05, 4.69) is 20.8 Å². The molecule has 0 aliphatic carbocycles. The highest BCUT2D eigenvalue weighted by atomic mass is 16.6. The van der Waals surface area contributed by atoms with E-state index in [-0.39, 0.29) is 6.10 Å². The number of rotatable bonds is 7. The quantitative estimate of drug-likeness (QED) is 0.424. The van der Waals surface area contributed by atoms with Crippen molar-refractivity contribution in [3.8, 4) is 11.5 Å². The van der Waals surface area contributed by atoms with Crippen molar-refractivity contribution in [3.05, 3.63) is 58.1 Å². The lowest BCUT2D eigenvalue weighted by molar-refractivity contribution is -0.154. The molecule has 0 saturated heterocycles. The van der Waals surface area contributed by atoms with Crippen molar-refractivity contribution in [3.63, 3.8) is 0 Å². The molecule has 172 valence electrons. The van der Waals surface area contributed by atoms with E-state index in [1.807, 2.05) is 44.2 Å². The maximum atomic E-state index is 12.5. The topological polar surface area (TPSA) is 61.8 Å². The minimum atomic E-state index is -0.589. The standard InChI is InChI=1S/C27H34O5/c1-16(2)13-21-8-10-22(11-9-21)19(5)27(29)30-15-25(28)32-26-17(3)14-24-23(20(26)6)12-7-18(4)31-24/h8-11,14,16,18-19H,7,12-13,15H2,1-6H3. The number of benzene rings is 2. The van der Waals surface area contributed by atoms with Crippen LogP contribution in [0.5, 0.6) is 11.5 Å². The second-order valence-electron chi connectivity index (χ2n) is 9.23. The van der Waals surface area contributed by atoms with Crippen LogP contribution in [0.2, 0.25) is 0 Å². The van der Waals surface area contributed by atoms with Gasteiger partial charge >= 0.3 is 11.9 Å². The third kappa shape index (κ3) is 5.70.